The molecule has 0 unspecified atom stereocenters. The van der Waals surface area contributed by atoms with Crippen molar-refractivity contribution in [1.29, 1.82) is 0 Å². The maximum absolute atomic E-state index is 11.5. The monoisotopic (exact) mass is 211 g/mol. The van der Waals surface area contributed by atoms with Crippen molar-refractivity contribution < 1.29 is 4.79 Å². The Labute approximate surface area is 89.3 Å². The molecule has 0 aromatic heterocycles. The normalized spacial score (nSPS) is 10.1. The molecule has 0 saturated heterocycles. The first-order valence-corrected chi connectivity index (χ1v) is 5.23. The Morgan fingerprint density at radius 3 is 2.57 bits per heavy atom. The van der Waals surface area contributed by atoms with Gasteiger partial charge in [-0.3, -0.25) is 4.79 Å². The van der Waals surface area contributed by atoms with E-state index in [0.29, 0.717) is 18.8 Å². The Morgan fingerprint density at radius 1 is 1.21 bits per heavy atom. The molecule has 0 amide bonds. The van der Waals surface area contributed by atoms with Crippen LogP contribution >= 0.6 is 11.6 Å². The zero-order valence-corrected chi connectivity index (χ0v) is 8.76. The van der Waals surface area contributed by atoms with Gasteiger partial charge >= 0.3 is 0 Å². The van der Waals surface area contributed by atoms with E-state index in [1.807, 2.05) is 30.3 Å². The van der Waals surface area contributed by atoms with E-state index in [-0.39, 0.29) is 5.78 Å². The van der Waals surface area contributed by atoms with Crippen molar-refractivity contribution >= 4 is 17.4 Å². The molecule has 0 saturated carbocycles. The van der Waals surface area contributed by atoms with E-state index in [1.165, 1.54) is 0 Å². The number of Topliss-reactive ketones (excluding diaryl/α,β-unsaturated/α-hetero) is 1. The molecule has 1 rings (SSSR count). The van der Waals surface area contributed by atoms with Gasteiger partial charge in [0, 0.05) is 31.0 Å². The van der Waals surface area contributed by atoms with Crippen molar-refractivity contribution in [2.45, 2.75) is 6.42 Å². The van der Waals surface area contributed by atoms with Crippen LogP contribution in [0.5, 0.6) is 0 Å². The minimum absolute atomic E-state index is 0.174. The Balaban J connectivity index is 2.29. The number of carbonyl (C=O) groups is 1. The highest BCUT2D eigenvalue weighted by molar-refractivity contribution is 6.18. The lowest BCUT2D eigenvalue weighted by atomic mass is 10.1. The number of hydrogen-bond donors (Lipinski definition) is 1. The molecule has 0 atom stereocenters. The van der Waals surface area contributed by atoms with Crippen LogP contribution in [0.15, 0.2) is 30.3 Å². The van der Waals surface area contributed by atoms with Crippen LogP contribution in [0.1, 0.15) is 16.8 Å². The fraction of sp³-hybridized carbons (Fsp3) is 0.364. The second kappa shape index (κ2) is 6.57. The Kier molecular flexibility index (Phi) is 5.27. The lowest BCUT2D eigenvalue weighted by Crippen LogP contribution is -2.20. The minimum Gasteiger partial charge on any atom is -0.315 e. The SMILES string of the molecule is O=C(CCNCCCl)c1ccccc1. The van der Waals surface area contributed by atoms with Gasteiger partial charge < -0.3 is 5.32 Å². The van der Waals surface area contributed by atoms with Crippen LogP contribution in [0, 0.1) is 0 Å². The zero-order chi connectivity index (χ0) is 10.2. The lowest BCUT2D eigenvalue weighted by molar-refractivity contribution is 0.0983. The maximum atomic E-state index is 11.5. The van der Waals surface area contributed by atoms with Gasteiger partial charge in [-0.05, 0) is 0 Å². The molecule has 0 aliphatic rings. The molecule has 0 heterocycles. The average molecular weight is 212 g/mol. The number of ketones is 1. The van der Waals surface area contributed by atoms with Gasteiger partial charge in [0.05, 0.1) is 0 Å². The van der Waals surface area contributed by atoms with Crippen LogP contribution in [-0.2, 0) is 0 Å². The van der Waals surface area contributed by atoms with Gasteiger partial charge in [-0.1, -0.05) is 30.3 Å². The standard InChI is InChI=1S/C11H14ClNO/c12-7-9-13-8-6-11(14)10-4-2-1-3-5-10/h1-5,13H,6-9H2. The number of nitrogens with one attached hydrogen (secondary N) is 1. The first-order chi connectivity index (χ1) is 6.84. The van der Waals surface area contributed by atoms with E-state index in [1.54, 1.807) is 0 Å². The first-order valence-electron chi connectivity index (χ1n) is 4.69. The summed E-state index contributed by atoms with van der Waals surface area (Å²) in [4.78, 5) is 11.5. The quantitative estimate of drug-likeness (QED) is 0.444. The molecule has 0 fully saturated rings. The predicted molar refractivity (Wildman–Crippen MR) is 59.0 cm³/mol. The number of benzene rings is 1. The van der Waals surface area contributed by atoms with Crippen LogP contribution < -0.4 is 5.32 Å². The molecular weight excluding hydrogens is 198 g/mol. The highest BCUT2D eigenvalue weighted by Crippen LogP contribution is 2.01. The van der Waals surface area contributed by atoms with Gasteiger partial charge in [0.1, 0.15) is 0 Å². The summed E-state index contributed by atoms with van der Waals surface area (Å²) in [5.74, 6) is 0.757. The van der Waals surface area contributed by atoms with Crippen molar-refractivity contribution in [3.8, 4) is 0 Å². The summed E-state index contributed by atoms with van der Waals surface area (Å²) in [5.41, 5.74) is 0.778. The fourth-order valence-corrected chi connectivity index (χ4v) is 1.30. The number of carbonyl (C=O) groups excluding carboxylic acids is 1. The largest absolute Gasteiger partial charge is 0.315 e. The number of alkyl halides is 1. The Bertz CT molecular complexity index is 274. The molecule has 0 aliphatic carbocycles. The van der Waals surface area contributed by atoms with E-state index in [4.69, 9.17) is 11.6 Å². The van der Waals surface area contributed by atoms with E-state index in [0.717, 1.165) is 12.1 Å². The Hall–Kier alpha value is -0.860. The summed E-state index contributed by atoms with van der Waals surface area (Å²) in [5, 5.41) is 3.08. The third-order valence-electron chi connectivity index (χ3n) is 1.90. The number of hydrogen-bond acceptors (Lipinski definition) is 2. The van der Waals surface area contributed by atoms with Crippen LogP contribution in [0.2, 0.25) is 0 Å². The zero-order valence-electron chi connectivity index (χ0n) is 8.00. The van der Waals surface area contributed by atoms with E-state index >= 15 is 0 Å². The van der Waals surface area contributed by atoms with E-state index < -0.39 is 0 Å². The molecule has 2 nitrogen and oxygen atoms in total. The molecule has 3 heteroatoms. The predicted octanol–water partition coefficient (Wildman–Crippen LogP) is 2.09. The smallest absolute Gasteiger partial charge is 0.164 e. The van der Waals surface area contributed by atoms with E-state index in [2.05, 4.69) is 5.32 Å². The van der Waals surface area contributed by atoms with Crippen LogP contribution in [0.3, 0.4) is 0 Å². The molecule has 0 aliphatic heterocycles. The molecule has 14 heavy (non-hydrogen) atoms. The first kappa shape index (κ1) is 11.2. The molecular formula is C11H14ClNO. The summed E-state index contributed by atoms with van der Waals surface area (Å²) >= 11 is 5.49. The highest BCUT2D eigenvalue weighted by atomic mass is 35.5. The Morgan fingerprint density at radius 2 is 1.93 bits per heavy atom. The topological polar surface area (TPSA) is 29.1 Å². The molecule has 0 radical (unpaired) electrons. The molecule has 1 aromatic rings. The van der Waals surface area contributed by atoms with Crippen molar-refractivity contribution in [3.05, 3.63) is 35.9 Å². The van der Waals surface area contributed by atoms with Gasteiger partial charge in [-0.25, -0.2) is 0 Å². The molecule has 76 valence electrons. The second-order valence-electron chi connectivity index (χ2n) is 2.98. The molecule has 1 aromatic carbocycles. The van der Waals surface area contributed by atoms with Crippen LogP contribution in [0.4, 0.5) is 0 Å². The van der Waals surface area contributed by atoms with Gasteiger partial charge in [0.2, 0.25) is 0 Å². The summed E-state index contributed by atoms with van der Waals surface area (Å²) in [6.45, 7) is 1.45. The average Bonchev–Trinajstić information content (AvgIpc) is 2.25. The van der Waals surface area contributed by atoms with Crippen molar-refractivity contribution in [1.82, 2.24) is 5.32 Å². The summed E-state index contributed by atoms with van der Waals surface area (Å²) < 4.78 is 0. The number of halogens is 1. The van der Waals surface area contributed by atoms with Crippen molar-refractivity contribution in [3.63, 3.8) is 0 Å². The van der Waals surface area contributed by atoms with E-state index in [9.17, 15) is 4.79 Å². The molecule has 1 N–H and O–H groups in total. The third-order valence-corrected chi connectivity index (χ3v) is 2.08. The summed E-state index contributed by atoms with van der Waals surface area (Å²) in [6, 6.07) is 9.33. The molecule has 0 bridgehead atoms. The molecule has 0 spiro atoms. The summed E-state index contributed by atoms with van der Waals surface area (Å²) in [7, 11) is 0. The second-order valence-corrected chi connectivity index (χ2v) is 3.36. The van der Waals surface area contributed by atoms with Gasteiger partial charge in [0.25, 0.3) is 0 Å². The van der Waals surface area contributed by atoms with Crippen LogP contribution in [-0.4, -0.2) is 24.8 Å². The number of rotatable bonds is 6. The van der Waals surface area contributed by atoms with Crippen molar-refractivity contribution in [2.75, 3.05) is 19.0 Å². The van der Waals surface area contributed by atoms with Gasteiger partial charge in [-0.15, -0.1) is 11.6 Å². The fourth-order valence-electron chi connectivity index (χ4n) is 1.16. The van der Waals surface area contributed by atoms with Gasteiger partial charge in [0.15, 0.2) is 5.78 Å². The van der Waals surface area contributed by atoms with Gasteiger partial charge in [-0.2, -0.15) is 0 Å². The third kappa shape index (κ3) is 3.90. The van der Waals surface area contributed by atoms with Crippen molar-refractivity contribution in [2.24, 2.45) is 0 Å². The minimum atomic E-state index is 0.174. The van der Waals surface area contributed by atoms with Crippen LogP contribution in [0.25, 0.3) is 0 Å². The summed E-state index contributed by atoms with van der Waals surface area (Å²) in [6.07, 6.45) is 0.529. The highest BCUT2D eigenvalue weighted by Gasteiger charge is 2.03. The maximum Gasteiger partial charge on any atom is 0.164 e. The lowest BCUT2D eigenvalue weighted by Gasteiger charge is -2.01.